The van der Waals surface area contributed by atoms with E-state index in [-0.39, 0.29) is 5.57 Å². The second-order valence-corrected chi connectivity index (χ2v) is 9.98. The first-order valence-electron chi connectivity index (χ1n) is 14.3. The molecule has 198 valence electrons. The summed E-state index contributed by atoms with van der Waals surface area (Å²) in [6.07, 6.45) is 26.7. The third kappa shape index (κ3) is 18.8. The van der Waals surface area contributed by atoms with Crippen molar-refractivity contribution < 1.29 is 19.8 Å². The van der Waals surface area contributed by atoms with Crippen molar-refractivity contribution in [1.82, 2.24) is 0 Å². The van der Waals surface area contributed by atoms with Crippen LogP contribution in [0.5, 0.6) is 0 Å². The zero-order chi connectivity index (χ0) is 25.4. The zero-order valence-corrected chi connectivity index (χ0v) is 22.4. The first-order chi connectivity index (χ1) is 16.4. The van der Waals surface area contributed by atoms with Crippen molar-refractivity contribution in [2.75, 3.05) is 0 Å². The van der Waals surface area contributed by atoms with Crippen molar-refractivity contribution in [3.63, 3.8) is 0 Å². The number of hydrogen-bond acceptors (Lipinski definition) is 2. The predicted octanol–water partition coefficient (Wildman–Crippen LogP) is 9.49. The van der Waals surface area contributed by atoms with Gasteiger partial charge < -0.3 is 10.2 Å². The molecule has 4 nitrogen and oxygen atoms in total. The van der Waals surface area contributed by atoms with Crippen LogP contribution in [0.15, 0.2) is 23.8 Å². The molecule has 0 rings (SSSR count). The van der Waals surface area contributed by atoms with Gasteiger partial charge in [0.15, 0.2) is 0 Å². The molecule has 0 aliphatic carbocycles. The lowest BCUT2D eigenvalue weighted by atomic mass is 9.91. The first-order valence-corrected chi connectivity index (χ1v) is 14.3. The quantitative estimate of drug-likeness (QED) is 0.101. The van der Waals surface area contributed by atoms with Crippen molar-refractivity contribution in [3.05, 3.63) is 23.8 Å². The van der Waals surface area contributed by atoms with Crippen LogP contribution in [0.25, 0.3) is 0 Å². The van der Waals surface area contributed by atoms with E-state index in [1.165, 1.54) is 89.9 Å². The van der Waals surface area contributed by atoms with Crippen LogP contribution in [-0.2, 0) is 9.59 Å². The van der Waals surface area contributed by atoms with Gasteiger partial charge in [0.05, 0.1) is 0 Å². The van der Waals surface area contributed by atoms with E-state index in [1.54, 1.807) is 6.08 Å². The molecule has 4 heteroatoms. The van der Waals surface area contributed by atoms with Gasteiger partial charge in [-0.05, 0) is 19.3 Å². The standard InChI is InChI=1S/C30H54O4/c1-4-6-8-9-10-11-12-13-14-15-16-17-18-19-20-21-22-24-28(30(33)34)25-27(23-7-5-2)26(3)29(31)32/h25,27H,3-24H2,1-2H3,(H,31,32)(H,33,34). The van der Waals surface area contributed by atoms with Crippen LogP contribution >= 0.6 is 0 Å². The van der Waals surface area contributed by atoms with Gasteiger partial charge in [0.2, 0.25) is 0 Å². The molecule has 0 spiro atoms. The number of carboxylic acids is 2. The minimum absolute atomic E-state index is 0.0922. The lowest BCUT2D eigenvalue weighted by molar-refractivity contribution is -0.134. The lowest BCUT2D eigenvalue weighted by Crippen LogP contribution is -2.12. The number of carboxylic acid groups (broad SMARTS) is 2. The summed E-state index contributed by atoms with van der Waals surface area (Å²) < 4.78 is 0. The summed E-state index contributed by atoms with van der Waals surface area (Å²) in [7, 11) is 0. The molecule has 0 bridgehead atoms. The highest BCUT2D eigenvalue weighted by Gasteiger charge is 2.18. The number of carbonyl (C=O) groups is 2. The zero-order valence-electron chi connectivity index (χ0n) is 22.4. The van der Waals surface area contributed by atoms with Crippen LogP contribution < -0.4 is 0 Å². The fraction of sp³-hybridized carbons (Fsp3) is 0.800. The van der Waals surface area contributed by atoms with Crippen molar-refractivity contribution in [1.29, 1.82) is 0 Å². The molecule has 0 aliphatic heterocycles. The molecule has 0 saturated carbocycles. The minimum atomic E-state index is -1.04. The summed E-state index contributed by atoms with van der Waals surface area (Å²) in [4.78, 5) is 23.0. The lowest BCUT2D eigenvalue weighted by Gasteiger charge is -2.14. The molecule has 34 heavy (non-hydrogen) atoms. The SMILES string of the molecule is C=C(C(=O)O)C(C=C(CCCCCCCCCCCCCCCCCCC)C(=O)O)CCCC. The number of aliphatic carboxylic acids is 2. The number of rotatable bonds is 25. The monoisotopic (exact) mass is 478 g/mol. The van der Waals surface area contributed by atoms with E-state index in [4.69, 9.17) is 0 Å². The van der Waals surface area contributed by atoms with E-state index in [2.05, 4.69) is 13.5 Å². The van der Waals surface area contributed by atoms with Crippen LogP contribution in [0.3, 0.4) is 0 Å². The average Bonchev–Trinajstić information content (AvgIpc) is 2.81. The smallest absolute Gasteiger partial charge is 0.331 e. The van der Waals surface area contributed by atoms with Gasteiger partial charge in [0, 0.05) is 17.1 Å². The van der Waals surface area contributed by atoms with E-state index in [9.17, 15) is 19.8 Å². The van der Waals surface area contributed by atoms with Gasteiger partial charge in [-0.25, -0.2) is 9.59 Å². The fourth-order valence-corrected chi connectivity index (χ4v) is 4.49. The Hall–Kier alpha value is -1.58. The van der Waals surface area contributed by atoms with Gasteiger partial charge in [-0.15, -0.1) is 0 Å². The largest absolute Gasteiger partial charge is 0.478 e. The summed E-state index contributed by atoms with van der Waals surface area (Å²) in [5.41, 5.74) is 0.430. The molecule has 0 radical (unpaired) electrons. The normalized spacial score (nSPS) is 12.6. The molecule has 0 saturated heterocycles. The van der Waals surface area contributed by atoms with E-state index < -0.39 is 17.9 Å². The summed E-state index contributed by atoms with van der Waals surface area (Å²) >= 11 is 0. The van der Waals surface area contributed by atoms with Crippen molar-refractivity contribution in [2.24, 2.45) is 5.92 Å². The van der Waals surface area contributed by atoms with Crippen molar-refractivity contribution >= 4 is 11.9 Å². The van der Waals surface area contributed by atoms with E-state index >= 15 is 0 Å². The molecule has 1 unspecified atom stereocenters. The number of allylic oxidation sites excluding steroid dienone is 1. The molecule has 0 aromatic heterocycles. The summed E-state index contributed by atoms with van der Waals surface area (Å²) in [5, 5.41) is 18.8. The predicted molar refractivity (Wildman–Crippen MR) is 144 cm³/mol. The third-order valence-corrected chi connectivity index (χ3v) is 6.82. The van der Waals surface area contributed by atoms with Crippen LogP contribution in [0.1, 0.15) is 149 Å². The molecular formula is C30H54O4. The molecular weight excluding hydrogens is 424 g/mol. The molecule has 0 aromatic carbocycles. The van der Waals surface area contributed by atoms with Gasteiger partial charge >= 0.3 is 11.9 Å². The minimum Gasteiger partial charge on any atom is -0.478 e. The molecule has 0 aliphatic rings. The maximum Gasteiger partial charge on any atom is 0.331 e. The molecule has 1 atom stereocenters. The van der Waals surface area contributed by atoms with Crippen LogP contribution in [-0.4, -0.2) is 22.2 Å². The van der Waals surface area contributed by atoms with Crippen LogP contribution in [0.4, 0.5) is 0 Å². The summed E-state index contributed by atoms with van der Waals surface area (Å²) in [6, 6.07) is 0. The molecule has 0 fully saturated rings. The number of unbranched alkanes of at least 4 members (excludes halogenated alkanes) is 17. The van der Waals surface area contributed by atoms with Gasteiger partial charge in [-0.3, -0.25) is 0 Å². The maximum atomic E-state index is 11.7. The van der Waals surface area contributed by atoms with Crippen molar-refractivity contribution in [3.8, 4) is 0 Å². The highest BCUT2D eigenvalue weighted by molar-refractivity contribution is 5.89. The fourth-order valence-electron chi connectivity index (χ4n) is 4.49. The van der Waals surface area contributed by atoms with Gasteiger partial charge in [-0.2, -0.15) is 0 Å². The van der Waals surface area contributed by atoms with E-state index in [1.807, 2.05) is 6.92 Å². The summed E-state index contributed by atoms with van der Waals surface area (Å²) in [6.45, 7) is 7.98. The van der Waals surface area contributed by atoms with Gasteiger partial charge in [0.1, 0.15) is 0 Å². The maximum absolute atomic E-state index is 11.7. The highest BCUT2D eigenvalue weighted by Crippen LogP contribution is 2.23. The molecule has 0 amide bonds. The highest BCUT2D eigenvalue weighted by atomic mass is 16.4. The Bertz CT molecular complexity index is 564. The Kier molecular flexibility index (Phi) is 22.1. The second kappa shape index (κ2) is 23.2. The van der Waals surface area contributed by atoms with Gasteiger partial charge in [0.25, 0.3) is 0 Å². The van der Waals surface area contributed by atoms with Gasteiger partial charge in [-0.1, -0.05) is 142 Å². The Labute approximate surface area is 210 Å². The molecule has 0 heterocycles. The second-order valence-electron chi connectivity index (χ2n) is 9.98. The summed E-state index contributed by atoms with van der Waals surface area (Å²) in [5.74, 6) is -2.37. The Morgan fingerprint density at radius 3 is 1.35 bits per heavy atom. The van der Waals surface area contributed by atoms with E-state index in [0.717, 1.165) is 32.1 Å². The van der Waals surface area contributed by atoms with Crippen LogP contribution in [0, 0.1) is 5.92 Å². The molecule has 2 N–H and O–H groups in total. The van der Waals surface area contributed by atoms with Crippen molar-refractivity contribution in [2.45, 2.75) is 149 Å². The Morgan fingerprint density at radius 2 is 1.00 bits per heavy atom. The number of hydrogen-bond donors (Lipinski definition) is 2. The van der Waals surface area contributed by atoms with Crippen LogP contribution in [0.2, 0.25) is 0 Å². The Morgan fingerprint density at radius 1 is 0.618 bits per heavy atom. The average molecular weight is 479 g/mol. The topological polar surface area (TPSA) is 74.6 Å². The van der Waals surface area contributed by atoms with E-state index in [0.29, 0.717) is 18.4 Å². The first kappa shape index (κ1) is 32.4. The Balaban J connectivity index is 3.87. The molecule has 0 aromatic rings. The third-order valence-electron chi connectivity index (χ3n) is 6.82.